The zero-order valence-corrected chi connectivity index (χ0v) is 14.0. The van der Waals surface area contributed by atoms with E-state index in [1.807, 2.05) is 44.2 Å². The Balaban J connectivity index is 2.50. The Morgan fingerprint density at radius 2 is 1.68 bits per heavy atom. The van der Waals surface area contributed by atoms with Gasteiger partial charge in [-0.15, -0.1) is 0 Å². The highest BCUT2D eigenvalue weighted by atomic mass is 32.2. The van der Waals surface area contributed by atoms with Crippen molar-refractivity contribution in [3.8, 4) is 11.1 Å². The average molecular weight is 319 g/mol. The van der Waals surface area contributed by atoms with Crippen LogP contribution in [0.1, 0.15) is 29.7 Å². The highest BCUT2D eigenvalue weighted by Crippen LogP contribution is 2.31. The van der Waals surface area contributed by atoms with E-state index in [9.17, 15) is 13.5 Å². The van der Waals surface area contributed by atoms with Gasteiger partial charge in [0, 0.05) is 5.69 Å². The van der Waals surface area contributed by atoms with Gasteiger partial charge in [0.25, 0.3) is 0 Å². The number of aliphatic hydroxyl groups is 1. The van der Waals surface area contributed by atoms with Crippen LogP contribution in [-0.2, 0) is 10.0 Å². The van der Waals surface area contributed by atoms with E-state index in [-0.39, 0.29) is 0 Å². The van der Waals surface area contributed by atoms with Gasteiger partial charge in [0.1, 0.15) is 0 Å². The number of anilines is 1. The predicted octanol–water partition coefficient (Wildman–Crippen LogP) is 3.40. The van der Waals surface area contributed by atoms with E-state index in [1.54, 1.807) is 13.0 Å². The zero-order chi connectivity index (χ0) is 16.5. The molecule has 0 aliphatic rings. The van der Waals surface area contributed by atoms with Crippen LogP contribution in [0.25, 0.3) is 11.1 Å². The van der Waals surface area contributed by atoms with Crippen molar-refractivity contribution in [1.29, 1.82) is 0 Å². The second-order valence-corrected chi connectivity index (χ2v) is 7.40. The fourth-order valence-electron chi connectivity index (χ4n) is 2.44. The third-order valence-corrected chi connectivity index (χ3v) is 4.17. The summed E-state index contributed by atoms with van der Waals surface area (Å²) in [6, 6.07) is 11.3. The molecule has 4 nitrogen and oxygen atoms in total. The van der Waals surface area contributed by atoms with Crippen LogP contribution in [-0.4, -0.2) is 19.8 Å². The minimum atomic E-state index is -3.30. The lowest BCUT2D eigenvalue weighted by atomic mass is 9.94. The third-order valence-electron chi connectivity index (χ3n) is 3.56. The Morgan fingerprint density at radius 3 is 2.23 bits per heavy atom. The van der Waals surface area contributed by atoms with Gasteiger partial charge in [0.05, 0.1) is 12.4 Å². The van der Waals surface area contributed by atoms with E-state index in [4.69, 9.17) is 0 Å². The molecule has 2 aromatic carbocycles. The molecule has 0 aromatic heterocycles. The maximum absolute atomic E-state index is 11.4. The summed E-state index contributed by atoms with van der Waals surface area (Å²) in [6.45, 7) is 5.70. The molecule has 0 aliphatic heterocycles. The highest BCUT2D eigenvalue weighted by Gasteiger charge is 2.10. The highest BCUT2D eigenvalue weighted by molar-refractivity contribution is 7.92. The Kier molecular flexibility index (Phi) is 4.58. The van der Waals surface area contributed by atoms with Gasteiger partial charge in [0.2, 0.25) is 10.0 Å². The van der Waals surface area contributed by atoms with Gasteiger partial charge in [-0.1, -0.05) is 24.3 Å². The first-order valence-corrected chi connectivity index (χ1v) is 8.94. The summed E-state index contributed by atoms with van der Waals surface area (Å²) in [7, 11) is -3.30. The standard InChI is InChI=1S/C17H21NO3S/c1-11-5-7-15(18-22(4,20)21)10-17(11)16-8-6-14(13(3)19)9-12(16)2/h5-10,13,18-19H,1-4H3/t13-/m0/s1. The lowest BCUT2D eigenvalue weighted by Crippen LogP contribution is -2.09. The number of aliphatic hydroxyl groups excluding tert-OH is 1. The van der Waals surface area contributed by atoms with Crippen molar-refractivity contribution < 1.29 is 13.5 Å². The van der Waals surface area contributed by atoms with Crippen molar-refractivity contribution in [2.24, 2.45) is 0 Å². The van der Waals surface area contributed by atoms with Gasteiger partial charge < -0.3 is 5.11 Å². The number of nitrogens with one attached hydrogen (secondary N) is 1. The lowest BCUT2D eigenvalue weighted by molar-refractivity contribution is 0.199. The van der Waals surface area contributed by atoms with E-state index in [1.165, 1.54) is 0 Å². The van der Waals surface area contributed by atoms with E-state index >= 15 is 0 Å². The first kappa shape index (κ1) is 16.5. The number of benzene rings is 2. The topological polar surface area (TPSA) is 66.4 Å². The monoisotopic (exact) mass is 319 g/mol. The van der Waals surface area contributed by atoms with Crippen LogP contribution in [0.2, 0.25) is 0 Å². The molecule has 0 fully saturated rings. The Bertz CT molecular complexity index is 796. The molecule has 0 bridgehead atoms. The van der Waals surface area contributed by atoms with Crippen LogP contribution in [0, 0.1) is 13.8 Å². The number of rotatable bonds is 4. The first-order chi connectivity index (χ1) is 10.2. The number of hydrogen-bond acceptors (Lipinski definition) is 3. The van der Waals surface area contributed by atoms with E-state index in [0.29, 0.717) is 5.69 Å². The molecule has 2 rings (SSSR count). The van der Waals surface area contributed by atoms with Gasteiger partial charge in [-0.05, 0) is 60.7 Å². The maximum Gasteiger partial charge on any atom is 0.229 e. The second-order valence-electron chi connectivity index (χ2n) is 5.65. The fourth-order valence-corrected chi connectivity index (χ4v) is 2.99. The molecule has 2 N–H and O–H groups in total. The normalized spacial score (nSPS) is 13.0. The van der Waals surface area contributed by atoms with Crippen molar-refractivity contribution in [1.82, 2.24) is 0 Å². The molecular formula is C17H21NO3S. The summed E-state index contributed by atoms with van der Waals surface area (Å²) in [5, 5.41) is 9.66. The molecule has 2 aromatic rings. The molecule has 0 amide bonds. The summed E-state index contributed by atoms with van der Waals surface area (Å²) < 4.78 is 25.3. The van der Waals surface area contributed by atoms with Crippen LogP contribution >= 0.6 is 0 Å². The number of aryl methyl sites for hydroxylation is 2. The van der Waals surface area contributed by atoms with Crippen LogP contribution < -0.4 is 4.72 Å². The molecule has 1 atom stereocenters. The van der Waals surface area contributed by atoms with Gasteiger partial charge in [-0.25, -0.2) is 8.42 Å². The van der Waals surface area contributed by atoms with Crippen LogP contribution in [0.15, 0.2) is 36.4 Å². The van der Waals surface area contributed by atoms with Crippen LogP contribution in [0.3, 0.4) is 0 Å². The summed E-state index contributed by atoms with van der Waals surface area (Å²) in [5.74, 6) is 0. The first-order valence-electron chi connectivity index (χ1n) is 7.05. The van der Waals surface area contributed by atoms with Gasteiger partial charge in [0.15, 0.2) is 0 Å². The average Bonchev–Trinajstić information content (AvgIpc) is 2.39. The Hall–Kier alpha value is -1.85. The second kappa shape index (κ2) is 6.10. The Labute approximate surface area is 131 Å². The largest absolute Gasteiger partial charge is 0.389 e. The number of hydrogen-bond donors (Lipinski definition) is 2. The SMILES string of the molecule is Cc1cc([C@H](C)O)ccc1-c1cc(NS(C)(=O)=O)ccc1C. The van der Waals surface area contributed by atoms with Crippen molar-refractivity contribution in [3.63, 3.8) is 0 Å². The van der Waals surface area contributed by atoms with Crippen molar-refractivity contribution >= 4 is 15.7 Å². The molecule has 0 spiro atoms. The van der Waals surface area contributed by atoms with Gasteiger partial charge in [-0.2, -0.15) is 0 Å². The van der Waals surface area contributed by atoms with E-state index < -0.39 is 16.1 Å². The van der Waals surface area contributed by atoms with Crippen molar-refractivity contribution in [2.45, 2.75) is 26.9 Å². The molecule has 0 radical (unpaired) electrons. The Morgan fingerprint density at radius 1 is 1.00 bits per heavy atom. The maximum atomic E-state index is 11.4. The van der Waals surface area contributed by atoms with E-state index in [2.05, 4.69) is 4.72 Å². The molecule has 118 valence electrons. The smallest absolute Gasteiger partial charge is 0.229 e. The zero-order valence-electron chi connectivity index (χ0n) is 13.2. The summed E-state index contributed by atoms with van der Waals surface area (Å²) >= 11 is 0. The molecule has 0 aliphatic carbocycles. The summed E-state index contributed by atoms with van der Waals surface area (Å²) in [4.78, 5) is 0. The molecular weight excluding hydrogens is 298 g/mol. The molecule has 0 saturated carbocycles. The molecule has 22 heavy (non-hydrogen) atoms. The van der Waals surface area contributed by atoms with Crippen molar-refractivity contribution in [3.05, 3.63) is 53.1 Å². The third kappa shape index (κ3) is 3.87. The molecule has 0 unspecified atom stereocenters. The van der Waals surface area contributed by atoms with Crippen LogP contribution in [0.5, 0.6) is 0 Å². The quantitative estimate of drug-likeness (QED) is 0.907. The van der Waals surface area contributed by atoms with Gasteiger partial charge >= 0.3 is 0 Å². The minimum Gasteiger partial charge on any atom is -0.389 e. The lowest BCUT2D eigenvalue weighted by Gasteiger charge is -2.14. The van der Waals surface area contributed by atoms with E-state index in [0.717, 1.165) is 34.1 Å². The van der Waals surface area contributed by atoms with Gasteiger partial charge in [-0.3, -0.25) is 4.72 Å². The molecule has 0 heterocycles. The fraction of sp³-hybridized carbons (Fsp3) is 0.294. The van der Waals surface area contributed by atoms with Crippen LogP contribution in [0.4, 0.5) is 5.69 Å². The molecule has 0 saturated heterocycles. The predicted molar refractivity (Wildman–Crippen MR) is 90.5 cm³/mol. The number of sulfonamides is 1. The minimum absolute atomic E-state index is 0.507. The molecule has 5 heteroatoms. The summed E-state index contributed by atoms with van der Waals surface area (Å²) in [6.07, 6.45) is 0.627. The van der Waals surface area contributed by atoms with Crippen molar-refractivity contribution in [2.75, 3.05) is 11.0 Å². The summed E-state index contributed by atoms with van der Waals surface area (Å²) in [5.41, 5.74) is 5.51.